The summed E-state index contributed by atoms with van der Waals surface area (Å²) >= 11 is 7.57. The molecule has 0 aliphatic heterocycles. The predicted molar refractivity (Wildman–Crippen MR) is 654 cm³/mol. The van der Waals surface area contributed by atoms with Crippen LogP contribution in [0.1, 0.15) is 293 Å². The van der Waals surface area contributed by atoms with E-state index in [-0.39, 0.29) is 359 Å². The molecule has 0 heterocycles. The van der Waals surface area contributed by atoms with Crippen LogP contribution < -0.4 is 5.32 Å². The molecule has 2 rings (SSSR count). The Labute approximate surface area is 906 Å². The maximum atomic E-state index is 12.9. The molecule has 0 radical (unpaired) electrons. The number of halogens is 8. The van der Waals surface area contributed by atoms with Crippen LogP contribution in [0.5, 0.6) is 0 Å². The minimum Gasteiger partial charge on any atom is -0.377 e. The monoisotopic (exact) mass is 2240 g/mol. The van der Waals surface area contributed by atoms with Gasteiger partial charge in [0.1, 0.15) is 73.3 Å². The Bertz CT molecular complexity index is 1460. The number of amides is 1. The summed E-state index contributed by atoms with van der Waals surface area (Å²) in [5.74, 6) is 5.09. The first-order valence-corrected chi connectivity index (χ1v) is 36.8. The second-order valence-electron chi connectivity index (χ2n) is 15.7. The Hall–Kier alpha value is -3.83. The fourth-order valence-corrected chi connectivity index (χ4v) is 12.4. The highest BCUT2D eigenvalue weighted by Crippen LogP contribution is 2.43. The number of allylic oxidation sites excluding steroid dienone is 2. The van der Waals surface area contributed by atoms with Crippen molar-refractivity contribution < 1.29 is 145 Å². The second kappa shape index (κ2) is 380. The molecule has 0 spiro atoms. The number of carbonyl (C=O) groups excluding carboxylic acids is 9. The molecule has 1 N–H and O–H groups in total. The summed E-state index contributed by atoms with van der Waals surface area (Å²) in [7, 11) is 0. The van der Waals surface area contributed by atoms with Crippen molar-refractivity contribution in [2.45, 2.75) is 326 Å². The molecule has 0 saturated heterocycles. The van der Waals surface area contributed by atoms with Crippen molar-refractivity contribution >= 4 is 155 Å². The zero-order chi connectivity index (χ0) is 84.7. The number of carbonyl (C=O) groups is 9. The predicted octanol–water partition coefficient (Wildman–Crippen LogP) is 37.6. The molecular weight excluding hydrogens is 1980 g/mol. The summed E-state index contributed by atoms with van der Waals surface area (Å²) in [5.41, 5.74) is 0. The van der Waals surface area contributed by atoms with Crippen LogP contribution in [0.25, 0.3) is 0 Å². The molecule has 40 heteroatoms. The molecule has 2 aliphatic rings. The number of hydrogen-bond donors (Lipinski definition) is 1. The Morgan fingerprint density at radius 3 is 0.806 bits per heavy atom. The third kappa shape index (κ3) is 301. The molecule has 1 amide bonds. The summed E-state index contributed by atoms with van der Waals surface area (Å²) in [5, 5.41) is 13.7. The zero-order valence-corrected chi connectivity index (χ0v) is 66.8. The van der Waals surface area contributed by atoms with Gasteiger partial charge < -0.3 is 72.1 Å². The molecule has 9 atom stereocenters. The molecule has 900 valence electrons. The van der Waals surface area contributed by atoms with E-state index < -0.39 is 49.4 Å². The van der Waals surface area contributed by atoms with Crippen LogP contribution in [0, 0.1) is 23.7 Å². The van der Waals surface area contributed by atoms with E-state index in [0.717, 1.165) is 18.4 Å². The average Bonchev–Trinajstić information content (AvgIpc) is 1.68. The Morgan fingerprint density at radius 1 is 0.324 bits per heavy atom. The lowest BCUT2D eigenvalue weighted by molar-refractivity contribution is -0.359. The van der Waals surface area contributed by atoms with Crippen molar-refractivity contribution in [1.29, 1.82) is 0 Å². The van der Waals surface area contributed by atoms with Crippen LogP contribution in [-0.4, -0.2) is 232 Å². The van der Waals surface area contributed by atoms with Crippen LogP contribution in [0.4, 0.5) is 35.7 Å². The number of nitrogens with one attached hydrogen (secondary N) is 1. The zero-order valence-electron chi connectivity index (χ0n) is 60.3. The quantitative estimate of drug-likeness (QED) is 0.0113. The van der Waals surface area contributed by atoms with Gasteiger partial charge in [-0.1, -0.05) is 286 Å². The van der Waals surface area contributed by atoms with Crippen LogP contribution in [0.3, 0.4) is 0 Å². The van der Waals surface area contributed by atoms with Gasteiger partial charge in [0.05, 0.1) is 90.1 Å². The molecule has 2 bridgehead atoms. The number of ether oxygens (including phenoxy) is 6. The normalized spacial score (nSPS) is 10.2. The minimum atomic E-state index is -0.840. The lowest BCUT2D eigenvalue weighted by atomic mass is 9.93. The van der Waals surface area contributed by atoms with Crippen LogP contribution in [-0.2, 0) is 109 Å². The number of fused-ring (bicyclic) bond motifs is 2. The van der Waals surface area contributed by atoms with Gasteiger partial charge in [-0.15, -0.1) is 123 Å². The molecular formula is C99H257F8NO23S8. The molecule has 1 fully saturated rings. The third-order valence-corrected chi connectivity index (χ3v) is 17.7. The van der Waals surface area contributed by atoms with Crippen molar-refractivity contribution in [3.05, 3.63) is 117 Å². The van der Waals surface area contributed by atoms with E-state index in [1.165, 1.54) is 59.9 Å². The van der Waals surface area contributed by atoms with Crippen LogP contribution in [0.2, 0.25) is 0 Å². The van der Waals surface area contributed by atoms with Gasteiger partial charge in [0.15, 0.2) is 0 Å². The van der Waals surface area contributed by atoms with Crippen molar-refractivity contribution in [3.63, 3.8) is 0 Å². The van der Waals surface area contributed by atoms with E-state index in [9.17, 15) is 40.5 Å². The summed E-state index contributed by atoms with van der Waals surface area (Å²) in [6.45, 7) is 66.6. The summed E-state index contributed by atoms with van der Waals surface area (Å²) < 4.78 is 151. The van der Waals surface area contributed by atoms with Gasteiger partial charge in [-0.3, -0.25) is 22.4 Å². The van der Waals surface area contributed by atoms with Gasteiger partial charge in [-0.05, 0) is 75.0 Å². The highest BCUT2D eigenvalue weighted by atomic mass is 32.2. The van der Waals surface area contributed by atoms with Gasteiger partial charge in [0.25, 0.3) is 0 Å². The number of hydrogen-bond acceptors (Lipinski definition) is 31. The maximum Gasteiger partial charge on any atom is 0.220 e. The van der Waals surface area contributed by atoms with E-state index >= 15 is 0 Å². The third-order valence-electron chi connectivity index (χ3n) is 9.57. The first-order chi connectivity index (χ1) is 51.2. The van der Waals surface area contributed by atoms with E-state index in [1.54, 1.807) is 0 Å². The smallest absolute Gasteiger partial charge is 0.220 e. The van der Waals surface area contributed by atoms with Crippen molar-refractivity contribution in [1.82, 2.24) is 5.32 Å². The number of alkyl halides is 4. The molecule has 1 saturated carbocycles. The fourth-order valence-electron chi connectivity index (χ4n) is 6.51. The van der Waals surface area contributed by atoms with Crippen LogP contribution >= 0.6 is 95.2 Å². The second-order valence-corrected chi connectivity index (χ2v) is 24.2. The molecule has 0 aromatic heterocycles. The topological polar surface area (TPSA) is 295 Å². The van der Waals surface area contributed by atoms with Crippen molar-refractivity contribution in [2.24, 2.45) is 23.7 Å². The summed E-state index contributed by atoms with van der Waals surface area (Å²) in [4.78, 5) is 75.5. The highest BCUT2D eigenvalue weighted by molar-refractivity contribution is 8.03. The first-order valence-electron chi connectivity index (χ1n) is 28.9. The van der Waals surface area contributed by atoms with Gasteiger partial charge in [-0.2, -0.15) is 47.0 Å². The Kier molecular flexibility index (Phi) is 938. The van der Waals surface area contributed by atoms with E-state index in [1.807, 2.05) is 54.3 Å². The largest absolute Gasteiger partial charge is 0.377 e. The summed E-state index contributed by atoms with van der Waals surface area (Å²) in [6, 6.07) is 0. The Morgan fingerprint density at radius 2 is 0.568 bits per heavy atom. The number of thioether (sulfide) groups is 4. The highest BCUT2D eigenvalue weighted by Gasteiger charge is 2.35. The molecule has 139 heavy (non-hydrogen) atoms. The van der Waals surface area contributed by atoms with E-state index in [0.29, 0.717) is 89.4 Å². The minimum absolute atomic E-state index is 0. The average molecular weight is 2240 g/mol. The number of rotatable bonds is 52. The van der Waals surface area contributed by atoms with Gasteiger partial charge in [0, 0.05) is 118 Å². The molecule has 2 aliphatic carbocycles. The first kappa shape index (κ1) is 343. The molecule has 0 aromatic rings. The molecule has 9 unspecified atom stereocenters. The van der Waals surface area contributed by atoms with Gasteiger partial charge >= 0.3 is 0 Å². The van der Waals surface area contributed by atoms with Crippen molar-refractivity contribution in [3.8, 4) is 0 Å². The van der Waals surface area contributed by atoms with Gasteiger partial charge in [0.2, 0.25) is 5.91 Å². The summed E-state index contributed by atoms with van der Waals surface area (Å²) in [6.07, 6.45) is 6.48. The maximum absolute atomic E-state index is 12.9. The van der Waals surface area contributed by atoms with Crippen LogP contribution in [0.15, 0.2) is 117 Å². The SMILES string of the molecule is C.C.C.C.C.C.C.C.C.C.C.C.C.C.C.C.C.C.C.C.C.C.C.C.C.C.C.C.C.C.C.C.C.C.C.C=C.C=C.C=C.C=C.C=C.C=C.C=C.C=C.C=O.C=O.C=O.C=O.C=O.C=O.C=O.C=O.CC(C)CC(=O)NCC1CC2C=CC1C2.FCCSCC(COCC(COCOCC(COCC(CSOOF)SOOF)OCC(CSOOF)SOOF)OCC(CSCCF)SCCF)SCCF. The van der Waals surface area contributed by atoms with Gasteiger partial charge in [-0.25, -0.2) is 0 Å². The molecule has 0 aromatic carbocycles. The lowest BCUT2D eigenvalue weighted by Gasteiger charge is -2.24. The fraction of sp³-hybridized carbons (Fsp3) is 0.727. The van der Waals surface area contributed by atoms with E-state index in [4.69, 9.17) is 66.8 Å². The molecule has 24 nitrogen and oxygen atoms in total. The lowest BCUT2D eigenvalue weighted by Crippen LogP contribution is -2.33. The Balaban J connectivity index is -0.0000000167. The standard InChI is InChI=1S/C27H48F8O14S8.C13H21NO.8C2H4.8CH2O.35CH4/c28-1-5-50-17-24(52-7-3-30)13-36-9-22(40-15-25(53-8-4-31)18-51-6-2-29)11-38-21-39-12-23(41-16-27(57-49-45-35)20-55-47-43-33)10-37-14-26(56-48-44-34)19-54-46-42-32;1-9(2)5-13(15)14-8-12-7-10-3-4-11(12)6-10;16*1-2;;;;;;;;;;;;;;;;;;;;;;;;;;;;;;;;;;;/h22-27H,1-21H2;3-4,9-12H,5-8H2,1-2H3,(H,14,15);8*1-2H2;8*1H2;35*1H4. The van der Waals surface area contributed by atoms with E-state index in [2.05, 4.69) is 174 Å². The van der Waals surface area contributed by atoms with Crippen molar-refractivity contribution in [2.75, 3.05) is 139 Å².